The third kappa shape index (κ3) is 3.93. The highest BCUT2D eigenvalue weighted by Gasteiger charge is 2.07. The molecule has 3 nitrogen and oxygen atoms in total. The fraction of sp³-hybridized carbons (Fsp3) is 0.364. The van der Waals surface area contributed by atoms with Crippen LogP contribution in [-0.4, -0.2) is 17.7 Å². The molecule has 0 aromatic heterocycles. The van der Waals surface area contributed by atoms with Crippen LogP contribution in [0.1, 0.15) is 24.2 Å². The van der Waals surface area contributed by atoms with E-state index in [-0.39, 0.29) is 12.7 Å². The highest BCUT2D eigenvalue weighted by Crippen LogP contribution is 2.17. The number of carboxylic acid groups (broad SMARTS) is 1. The zero-order chi connectivity index (χ0) is 11.3. The van der Waals surface area contributed by atoms with Gasteiger partial charge in [-0.2, -0.15) is 12.6 Å². The Bertz CT molecular complexity index is 321. The lowest BCUT2D eigenvalue weighted by Crippen LogP contribution is -2.09. The Morgan fingerprint density at radius 1 is 1.47 bits per heavy atom. The van der Waals surface area contributed by atoms with Crippen LogP contribution in [0.4, 0.5) is 0 Å². The van der Waals surface area contributed by atoms with Gasteiger partial charge in [-0.3, -0.25) is 0 Å². The van der Waals surface area contributed by atoms with Gasteiger partial charge in [0.05, 0.1) is 6.10 Å². The van der Waals surface area contributed by atoms with E-state index in [0.717, 1.165) is 11.1 Å². The van der Waals surface area contributed by atoms with Crippen molar-refractivity contribution >= 4 is 18.6 Å². The SMILES string of the molecule is CC(OCC(=O)O)c1ccc(CS)cc1. The Hall–Kier alpha value is -1.00. The minimum Gasteiger partial charge on any atom is -0.480 e. The molecule has 1 rings (SSSR count). The molecule has 0 bridgehead atoms. The van der Waals surface area contributed by atoms with Crippen LogP contribution in [0.3, 0.4) is 0 Å². The Morgan fingerprint density at radius 2 is 2.07 bits per heavy atom. The molecule has 0 heterocycles. The summed E-state index contributed by atoms with van der Waals surface area (Å²) in [5.74, 6) is -0.251. The first-order valence-electron chi connectivity index (χ1n) is 4.66. The summed E-state index contributed by atoms with van der Waals surface area (Å²) in [5.41, 5.74) is 2.11. The van der Waals surface area contributed by atoms with E-state index in [1.54, 1.807) is 0 Å². The summed E-state index contributed by atoms with van der Waals surface area (Å²) in [4.78, 5) is 10.3. The first kappa shape index (κ1) is 12.1. The molecule has 0 spiro atoms. The molecule has 1 atom stereocenters. The van der Waals surface area contributed by atoms with E-state index in [1.807, 2.05) is 31.2 Å². The zero-order valence-electron chi connectivity index (χ0n) is 8.51. The maximum absolute atomic E-state index is 10.3. The Labute approximate surface area is 94.5 Å². The molecule has 0 aliphatic rings. The topological polar surface area (TPSA) is 46.5 Å². The molecule has 1 N–H and O–H groups in total. The van der Waals surface area contributed by atoms with E-state index < -0.39 is 5.97 Å². The average Bonchev–Trinajstić information content (AvgIpc) is 2.26. The van der Waals surface area contributed by atoms with E-state index in [9.17, 15) is 4.79 Å². The van der Waals surface area contributed by atoms with Crippen molar-refractivity contribution in [1.29, 1.82) is 0 Å². The van der Waals surface area contributed by atoms with E-state index in [0.29, 0.717) is 5.75 Å². The molecule has 1 aromatic rings. The zero-order valence-corrected chi connectivity index (χ0v) is 9.41. The number of carboxylic acids is 1. The lowest BCUT2D eigenvalue weighted by atomic mass is 10.1. The minimum atomic E-state index is -0.950. The lowest BCUT2D eigenvalue weighted by Gasteiger charge is -2.11. The van der Waals surface area contributed by atoms with Gasteiger partial charge in [-0.15, -0.1) is 0 Å². The molecular formula is C11H14O3S. The van der Waals surface area contributed by atoms with Crippen molar-refractivity contribution in [3.8, 4) is 0 Å². The van der Waals surface area contributed by atoms with Crippen molar-refractivity contribution in [3.05, 3.63) is 35.4 Å². The predicted molar refractivity (Wildman–Crippen MR) is 61.1 cm³/mol. The van der Waals surface area contributed by atoms with Crippen molar-refractivity contribution in [1.82, 2.24) is 0 Å². The maximum atomic E-state index is 10.3. The Kier molecular flexibility index (Phi) is 4.65. The largest absolute Gasteiger partial charge is 0.480 e. The lowest BCUT2D eigenvalue weighted by molar-refractivity contribution is -0.144. The molecule has 4 heteroatoms. The minimum absolute atomic E-state index is 0.199. The molecule has 0 aliphatic heterocycles. The van der Waals surface area contributed by atoms with Gasteiger partial charge in [0.2, 0.25) is 0 Å². The fourth-order valence-corrected chi connectivity index (χ4v) is 1.40. The van der Waals surface area contributed by atoms with Gasteiger partial charge in [0.1, 0.15) is 6.61 Å². The standard InChI is InChI=1S/C11H14O3S/c1-8(14-6-11(12)13)10-4-2-9(7-15)3-5-10/h2-5,8,15H,6-7H2,1H3,(H,12,13). The van der Waals surface area contributed by atoms with Crippen molar-refractivity contribution < 1.29 is 14.6 Å². The van der Waals surface area contributed by atoms with Gasteiger partial charge in [0.25, 0.3) is 0 Å². The van der Waals surface area contributed by atoms with Gasteiger partial charge in [-0.1, -0.05) is 24.3 Å². The number of carbonyl (C=O) groups is 1. The third-order valence-electron chi connectivity index (χ3n) is 2.09. The normalized spacial score (nSPS) is 12.4. The molecular weight excluding hydrogens is 212 g/mol. The molecule has 82 valence electrons. The second-order valence-electron chi connectivity index (χ2n) is 3.25. The van der Waals surface area contributed by atoms with Gasteiger partial charge in [0.15, 0.2) is 0 Å². The van der Waals surface area contributed by atoms with Crippen molar-refractivity contribution in [3.63, 3.8) is 0 Å². The number of rotatable bonds is 5. The predicted octanol–water partition coefficient (Wildman–Crippen LogP) is 2.28. The van der Waals surface area contributed by atoms with Gasteiger partial charge >= 0.3 is 5.97 Å². The van der Waals surface area contributed by atoms with Crippen molar-refractivity contribution in [2.45, 2.75) is 18.8 Å². The Balaban J connectivity index is 2.57. The summed E-state index contributed by atoms with van der Waals surface area (Å²) in [6.07, 6.45) is -0.199. The fourth-order valence-electron chi connectivity index (χ4n) is 1.19. The second-order valence-corrected chi connectivity index (χ2v) is 3.56. The van der Waals surface area contributed by atoms with Gasteiger partial charge in [0, 0.05) is 5.75 Å². The number of hydrogen-bond acceptors (Lipinski definition) is 3. The molecule has 0 saturated carbocycles. The van der Waals surface area contributed by atoms with Gasteiger partial charge in [-0.05, 0) is 18.1 Å². The van der Waals surface area contributed by atoms with E-state index in [4.69, 9.17) is 9.84 Å². The highest BCUT2D eigenvalue weighted by molar-refractivity contribution is 7.79. The highest BCUT2D eigenvalue weighted by atomic mass is 32.1. The van der Waals surface area contributed by atoms with Gasteiger partial charge < -0.3 is 9.84 Å². The first-order valence-corrected chi connectivity index (χ1v) is 5.30. The average molecular weight is 226 g/mol. The first-order chi connectivity index (χ1) is 7.13. The van der Waals surface area contributed by atoms with Crippen LogP contribution >= 0.6 is 12.6 Å². The molecule has 1 unspecified atom stereocenters. The number of thiol groups is 1. The molecule has 0 saturated heterocycles. The molecule has 15 heavy (non-hydrogen) atoms. The smallest absolute Gasteiger partial charge is 0.329 e. The molecule has 1 aromatic carbocycles. The second kappa shape index (κ2) is 5.78. The summed E-state index contributed by atoms with van der Waals surface area (Å²) < 4.78 is 5.14. The molecule has 0 amide bonds. The van der Waals surface area contributed by atoms with E-state index in [1.165, 1.54) is 0 Å². The maximum Gasteiger partial charge on any atom is 0.329 e. The Morgan fingerprint density at radius 3 is 2.53 bits per heavy atom. The summed E-state index contributed by atoms with van der Waals surface area (Å²) in [6, 6.07) is 7.78. The summed E-state index contributed by atoms with van der Waals surface area (Å²) >= 11 is 4.16. The number of aliphatic carboxylic acids is 1. The van der Waals surface area contributed by atoms with E-state index in [2.05, 4.69) is 12.6 Å². The van der Waals surface area contributed by atoms with Crippen LogP contribution in [-0.2, 0) is 15.3 Å². The van der Waals surface area contributed by atoms with Crippen LogP contribution in [0.15, 0.2) is 24.3 Å². The van der Waals surface area contributed by atoms with Crippen LogP contribution in [0.2, 0.25) is 0 Å². The molecule has 0 aliphatic carbocycles. The summed E-state index contributed by atoms with van der Waals surface area (Å²) in [6.45, 7) is 1.56. The number of hydrogen-bond donors (Lipinski definition) is 2. The van der Waals surface area contributed by atoms with Crippen molar-refractivity contribution in [2.24, 2.45) is 0 Å². The van der Waals surface area contributed by atoms with Crippen molar-refractivity contribution in [2.75, 3.05) is 6.61 Å². The monoisotopic (exact) mass is 226 g/mol. The third-order valence-corrected chi connectivity index (χ3v) is 2.45. The van der Waals surface area contributed by atoms with Crippen LogP contribution in [0, 0.1) is 0 Å². The van der Waals surface area contributed by atoms with Crippen LogP contribution < -0.4 is 0 Å². The molecule has 0 radical (unpaired) electrons. The van der Waals surface area contributed by atoms with E-state index >= 15 is 0 Å². The quantitative estimate of drug-likeness (QED) is 0.757. The molecule has 0 fully saturated rings. The number of ether oxygens (including phenoxy) is 1. The van der Waals surface area contributed by atoms with Crippen LogP contribution in [0.25, 0.3) is 0 Å². The van der Waals surface area contributed by atoms with Crippen LogP contribution in [0.5, 0.6) is 0 Å². The number of benzene rings is 1. The summed E-state index contributed by atoms with van der Waals surface area (Å²) in [7, 11) is 0. The van der Waals surface area contributed by atoms with Gasteiger partial charge in [-0.25, -0.2) is 4.79 Å². The summed E-state index contributed by atoms with van der Waals surface area (Å²) in [5, 5.41) is 8.46.